The average Bonchev–Trinajstić information content (AvgIpc) is 2.74. The van der Waals surface area contributed by atoms with E-state index in [0.717, 1.165) is 0 Å². The zero-order valence-electron chi connectivity index (χ0n) is 11.2. The fourth-order valence-electron chi connectivity index (χ4n) is 2.17. The fourth-order valence-corrected chi connectivity index (χ4v) is 2.17. The van der Waals surface area contributed by atoms with Gasteiger partial charge in [-0.1, -0.05) is 5.11 Å². The quantitative estimate of drug-likeness (QED) is 0.397. The molecule has 0 aromatic carbocycles. The zero-order chi connectivity index (χ0) is 17.4. The van der Waals surface area contributed by atoms with Crippen LogP contribution in [0.4, 0.5) is 13.2 Å². The number of nitrogens with one attached hydrogen (secondary N) is 1. The van der Waals surface area contributed by atoms with Gasteiger partial charge in [0.1, 0.15) is 17.9 Å². The number of aliphatic hydroxyl groups is 2. The van der Waals surface area contributed by atoms with E-state index < -0.39 is 54.1 Å². The minimum Gasteiger partial charge on any atom is -0.394 e. The van der Waals surface area contributed by atoms with E-state index in [2.05, 4.69) is 10.0 Å². The van der Waals surface area contributed by atoms with Crippen LogP contribution in [0.2, 0.25) is 0 Å². The molecule has 1 aliphatic rings. The van der Waals surface area contributed by atoms with Crippen LogP contribution in [0.15, 0.2) is 20.9 Å². The first-order valence-corrected chi connectivity index (χ1v) is 6.10. The van der Waals surface area contributed by atoms with Crippen molar-refractivity contribution in [1.82, 2.24) is 9.55 Å². The molecule has 1 aromatic heterocycles. The molecule has 0 unspecified atom stereocenters. The lowest BCUT2D eigenvalue weighted by Gasteiger charge is -2.19. The Morgan fingerprint density at radius 1 is 1.57 bits per heavy atom. The number of aliphatic hydroxyl groups excluding tert-OH is 1. The standard InChI is InChI=1S/C10H10F3N5O5/c11-10(12,13)4-2-18(8(21)15-7(4)20)6-1-9(22,16-17-14)5(3-19)23-6/h2,5-6,19,22H,1,3H2,(H,15,20,21)/t5-,6-,9+/m1/s1. The summed E-state index contributed by atoms with van der Waals surface area (Å²) in [7, 11) is 0. The molecule has 126 valence electrons. The Bertz CT molecular complexity index is 767. The van der Waals surface area contributed by atoms with Gasteiger partial charge in [-0.05, 0) is 5.53 Å². The number of alkyl halides is 3. The van der Waals surface area contributed by atoms with Crippen molar-refractivity contribution in [2.45, 2.75) is 30.7 Å². The minimum absolute atomic E-state index is 0.238. The summed E-state index contributed by atoms with van der Waals surface area (Å²) < 4.78 is 43.7. The van der Waals surface area contributed by atoms with E-state index in [1.54, 1.807) is 0 Å². The van der Waals surface area contributed by atoms with Gasteiger partial charge in [0.25, 0.3) is 5.56 Å². The zero-order valence-corrected chi connectivity index (χ0v) is 11.2. The number of halogens is 3. The molecule has 1 fully saturated rings. The molecule has 3 N–H and O–H groups in total. The van der Waals surface area contributed by atoms with Crippen LogP contribution in [-0.4, -0.2) is 38.2 Å². The van der Waals surface area contributed by atoms with Crippen molar-refractivity contribution >= 4 is 0 Å². The van der Waals surface area contributed by atoms with Crippen molar-refractivity contribution in [2.24, 2.45) is 5.11 Å². The number of hydrogen-bond acceptors (Lipinski definition) is 6. The van der Waals surface area contributed by atoms with Crippen molar-refractivity contribution in [1.29, 1.82) is 0 Å². The lowest BCUT2D eigenvalue weighted by atomic mass is 10.1. The normalized spacial score (nSPS) is 27.7. The average molecular weight is 337 g/mol. The van der Waals surface area contributed by atoms with Crippen LogP contribution in [0.25, 0.3) is 10.4 Å². The second-order valence-electron chi connectivity index (χ2n) is 4.74. The van der Waals surface area contributed by atoms with Gasteiger partial charge in [-0.15, -0.1) is 0 Å². The molecule has 13 heteroatoms. The van der Waals surface area contributed by atoms with E-state index in [-0.39, 0.29) is 6.20 Å². The predicted molar refractivity (Wildman–Crippen MR) is 66.0 cm³/mol. The van der Waals surface area contributed by atoms with Gasteiger partial charge in [0.15, 0.2) is 5.72 Å². The maximum absolute atomic E-state index is 12.7. The monoisotopic (exact) mass is 337 g/mol. The highest BCUT2D eigenvalue weighted by molar-refractivity contribution is 5.10. The number of hydrogen-bond donors (Lipinski definition) is 3. The molecule has 3 atom stereocenters. The number of rotatable bonds is 3. The third kappa shape index (κ3) is 3.07. The van der Waals surface area contributed by atoms with Crippen LogP contribution in [-0.2, 0) is 10.9 Å². The molecule has 1 saturated heterocycles. The number of azide groups is 1. The van der Waals surface area contributed by atoms with Gasteiger partial charge in [-0.2, -0.15) is 13.2 Å². The number of ether oxygens (including phenoxy) is 1. The topological polar surface area (TPSA) is 153 Å². The Morgan fingerprint density at radius 3 is 2.74 bits per heavy atom. The van der Waals surface area contributed by atoms with Crippen LogP contribution >= 0.6 is 0 Å². The Morgan fingerprint density at radius 2 is 2.22 bits per heavy atom. The molecule has 2 heterocycles. The Labute approximate surface area is 124 Å². The van der Waals surface area contributed by atoms with Gasteiger partial charge in [0, 0.05) is 17.5 Å². The Kier molecular flexibility index (Phi) is 4.22. The molecule has 23 heavy (non-hydrogen) atoms. The summed E-state index contributed by atoms with van der Waals surface area (Å²) in [5.41, 5.74) is 1.68. The summed E-state index contributed by atoms with van der Waals surface area (Å²) in [5.74, 6) is 0. The predicted octanol–water partition coefficient (Wildman–Crippen LogP) is -0.166. The summed E-state index contributed by atoms with van der Waals surface area (Å²) in [6.45, 7) is -0.809. The third-order valence-electron chi connectivity index (χ3n) is 3.28. The van der Waals surface area contributed by atoms with Gasteiger partial charge in [0.05, 0.1) is 6.61 Å². The number of H-pyrrole nitrogens is 1. The number of aromatic amines is 1. The van der Waals surface area contributed by atoms with E-state index in [0.29, 0.717) is 4.57 Å². The van der Waals surface area contributed by atoms with E-state index in [1.807, 2.05) is 0 Å². The molecule has 2 rings (SSSR count). The first-order chi connectivity index (χ1) is 10.6. The van der Waals surface area contributed by atoms with Crippen LogP contribution in [0.5, 0.6) is 0 Å². The van der Waals surface area contributed by atoms with Crippen LogP contribution in [0, 0.1) is 0 Å². The molecule has 1 aromatic rings. The number of aromatic nitrogens is 2. The second kappa shape index (κ2) is 5.70. The van der Waals surface area contributed by atoms with E-state index in [4.69, 9.17) is 15.4 Å². The molecule has 0 radical (unpaired) electrons. The van der Waals surface area contributed by atoms with Crippen molar-refractivity contribution in [2.75, 3.05) is 6.61 Å². The first kappa shape index (κ1) is 17.0. The summed E-state index contributed by atoms with van der Waals surface area (Å²) in [6.07, 6.45) is -8.29. The highest BCUT2D eigenvalue weighted by Crippen LogP contribution is 2.37. The summed E-state index contributed by atoms with van der Waals surface area (Å²) in [5, 5.41) is 22.2. The summed E-state index contributed by atoms with van der Waals surface area (Å²) in [4.78, 5) is 26.8. The highest BCUT2D eigenvalue weighted by Gasteiger charge is 2.48. The maximum atomic E-state index is 12.7. The van der Waals surface area contributed by atoms with Crippen molar-refractivity contribution in [3.05, 3.63) is 43.0 Å². The van der Waals surface area contributed by atoms with Crippen LogP contribution in [0.3, 0.4) is 0 Å². The Hall–Kier alpha value is -2.34. The first-order valence-electron chi connectivity index (χ1n) is 6.10. The lowest BCUT2D eigenvalue weighted by molar-refractivity contribution is -0.139. The second-order valence-corrected chi connectivity index (χ2v) is 4.74. The van der Waals surface area contributed by atoms with Crippen molar-refractivity contribution in [3.63, 3.8) is 0 Å². The molecular weight excluding hydrogens is 327 g/mol. The van der Waals surface area contributed by atoms with E-state index >= 15 is 0 Å². The van der Waals surface area contributed by atoms with E-state index in [1.165, 1.54) is 4.98 Å². The third-order valence-corrected chi connectivity index (χ3v) is 3.28. The van der Waals surface area contributed by atoms with Crippen LogP contribution in [0.1, 0.15) is 18.2 Å². The van der Waals surface area contributed by atoms with Gasteiger partial charge < -0.3 is 14.9 Å². The molecule has 0 saturated carbocycles. The number of nitrogens with zero attached hydrogens (tertiary/aromatic N) is 4. The molecular formula is C10H10F3N5O5. The fraction of sp³-hybridized carbons (Fsp3) is 0.600. The van der Waals surface area contributed by atoms with Gasteiger partial charge in [-0.25, -0.2) is 4.79 Å². The highest BCUT2D eigenvalue weighted by atomic mass is 19.4. The van der Waals surface area contributed by atoms with Crippen molar-refractivity contribution < 1.29 is 28.1 Å². The minimum atomic E-state index is -5.01. The molecule has 0 aliphatic carbocycles. The summed E-state index contributed by atoms with van der Waals surface area (Å²) >= 11 is 0. The van der Waals surface area contributed by atoms with Gasteiger partial charge >= 0.3 is 11.9 Å². The lowest BCUT2D eigenvalue weighted by Crippen LogP contribution is -2.38. The smallest absolute Gasteiger partial charge is 0.394 e. The SMILES string of the molecule is [N-]=[N+]=N[C@]1(O)C[C@H](n2cc(C(F)(F)F)c(=O)[nH]c2=O)O[C@@H]1CO. The molecule has 1 aliphatic heterocycles. The summed E-state index contributed by atoms with van der Waals surface area (Å²) in [6, 6.07) is 0. The maximum Gasteiger partial charge on any atom is 0.423 e. The largest absolute Gasteiger partial charge is 0.423 e. The molecule has 10 nitrogen and oxygen atoms in total. The van der Waals surface area contributed by atoms with E-state index in [9.17, 15) is 27.9 Å². The molecule has 0 amide bonds. The van der Waals surface area contributed by atoms with Crippen LogP contribution < -0.4 is 11.2 Å². The molecule has 0 spiro atoms. The Balaban J connectivity index is 2.50. The van der Waals surface area contributed by atoms with Gasteiger partial charge in [0.2, 0.25) is 0 Å². The van der Waals surface area contributed by atoms with Crippen molar-refractivity contribution in [3.8, 4) is 0 Å². The van der Waals surface area contributed by atoms with Gasteiger partial charge in [-0.3, -0.25) is 14.3 Å². The molecule has 0 bridgehead atoms.